The van der Waals surface area contributed by atoms with Crippen LogP contribution < -0.4 is 15.8 Å². The maximum absolute atomic E-state index is 13.6. The molecule has 0 atom stereocenters. The fourth-order valence-corrected chi connectivity index (χ4v) is 1.84. The predicted octanol–water partition coefficient (Wildman–Crippen LogP) is 3.20. The average molecular weight is 292 g/mol. The highest BCUT2D eigenvalue weighted by atomic mass is 19.1. The summed E-state index contributed by atoms with van der Waals surface area (Å²) in [5, 5.41) is 2.35. The summed E-state index contributed by atoms with van der Waals surface area (Å²) in [6.45, 7) is 2.12. The van der Waals surface area contributed by atoms with Crippen LogP contribution in [-0.4, -0.2) is 12.5 Å². The van der Waals surface area contributed by atoms with Crippen molar-refractivity contribution in [3.63, 3.8) is 0 Å². The lowest BCUT2D eigenvalue weighted by atomic mass is 10.1. The number of hydrogen-bond acceptors (Lipinski definition) is 3. The van der Waals surface area contributed by atoms with Crippen LogP contribution in [0.15, 0.2) is 36.4 Å². The van der Waals surface area contributed by atoms with E-state index in [4.69, 9.17) is 10.5 Å². The highest BCUT2D eigenvalue weighted by molar-refractivity contribution is 6.09. The largest absolute Gasteiger partial charge is 0.493 e. The van der Waals surface area contributed by atoms with E-state index < -0.39 is 17.5 Å². The van der Waals surface area contributed by atoms with E-state index in [-0.39, 0.29) is 16.9 Å². The van der Waals surface area contributed by atoms with E-state index in [1.165, 1.54) is 0 Å². The molecule has 110 valence electrons. The lowest BCUT2D eigenvalue weighted by Crippen LogP contribution is -2.16. The number of rotatable bonds is 4. The molecular weight excluding hydrogens is 278 g/mol. The summed E-state index contributed by atoms with van der Waals surface area (Å²) < 4.78 is 31.7. The molecule has 1 amide bonds. The van der Waals surface area contributed by atoms with Gasteiger partial charge in [-0.3, -0.25) is 4.79 Å². The van der Waals surface area contributed by atoms with Crippen LogP contribution >= 0.6 is 0 Å². The smallest absolute Gasteiger partial charge is 0.261 e. The molecule has 0 unspecified atom stereocenters. The third-order valence-electron chi connectivity index (χ3n) is 2.76. The number of carbonyl (C=O) groups excluding carboxylic acids is 1. The maximum atomic E-state index is 13.6. The molecule has 0 aromatic heterocycles. The van der Waals surface area contributed by atoms with Gasteiger partial charge in [-0.15, -0.1) is 0 Å². The van der Waals surface area contributed by atoms with E-state index in [9.17, 15) is 13.6 Å². The molecule has 2 rings (SSSR count). The molecule has 3 N–H and O–H groups in total. The summed E-state index contributed by atoms with van der Waals surface area (Å²) in [4.78, 5) is 12.2. The molecule has 0 aliphatic carbocycles. The van der Waals surface area contributed by atoms with Gasteiger partial charge in [-0.1, -0.05) is 6.07 Å². The Morgan fingerprint density at radius 3 is 2.71 bits per heavy atom. The Kier molecular flexibility index (Phi) is 4.37. The number of nitrogens with two attached hydrogens (primary N) is 1. The second kappa shape index (κ2) is 6.21. The van der Waals surface area contributed by atoms with Crippen LogP contribution in [0.2, 0.25) is 0 Å². The van der Waals surface area contributed by atoms with Gasteiger partial charge in [0.15, 0.2) is 0 Å². The van der Waals surface area contributed by atoms with E-state index >= 15 is 0 Å². The Morgan fingerprint density at radius 2 is 2.05 bits per heavy atom. The van der Waals surface area contributed by atoms with Gasteiger partial charge in [-0.2, -0.15) is 0 Å². The van der Waals surface area contributed by atoms with E-state index in [1.54, 1.807) is 25.1 Å². The number of halogens is 2. The van der Waals surface area contributed by atoms with E-state index in [0.717, 1.165) is 12.1 Å². The molecule has 21 heavy (non-hydrogen) atoms. The molecule has 0 aliphatic heterocycles. The summed E-state index contributed by atoms with van der Waals surface area (Å²) in [7, 11) is 0. The van der Waals surface area contributed by atoms with Crippen molar-refractivity contribution in [3.8, 4) is 5.75 Å². The molecule has 0 bridgehead atoms. The van der Waals surface area contributed by atoms with E-state index in [2.05, 4.69) is 5.32 Å². The Labute approximate surface area is 120 Å². The highest BCUT2D eigenvalue weighted by Crippen LogP contribution is 2.26. The summed E-state index contributed by atoms with van der Waals surface area (Å²) in [6, 6.07) is 7.66. The van der Waals surface area contributed by atoms with Crippen molar-refractivity contribution in [2.75, 3.05) is 17.7 Å². The molecule has 0 spiro atoms. The summed E-state index contributed by atoms with van der Waals surface area (Å²) in [6.07, 6.45) is 0. The number of nitrogens with one attached hydrogen (secondary N) is 1. The quantitative estimate of drug-likeness (QED) is 0.851. The van der Waals surface area contributed by atoms with Gasteiger partial charge >= 0.3 is 0 Å². The van der Waals surface area contributed by atoms with Crippen LogP contribution in [0.3, 0.4) is 0 Å². The third-order valence-corrected chi connectivity index (χ3v) is 2.76. The Morgan fingerprint density at radius 1 is 1.29 bits per heavy atom. The molecule has 0 heterocycles. The second-order valence-corrected chi connectivity index (χ2v) is 4.23. The number of hydrogen-bond donors (Lipinski definition) is 2. The van der Waals surface area contributed by atoms with Crippen LogP contribution in [0, 0.1) is 11.6 Å². The van der Waals surface area contributed by atoms with Gasteiger partial charge < -0.3 is 15.8 Å². The zero-order valence-corrected chi connectivity index (χ0v) is 11.3. The van der Waals surface area contributed by atoms with Crippen LogP contribution in [-0.2, 0) is 0 Å². The van der Waals surface area contributed by atoms with Gasteiger partial charge in [-0.05, 0) is 31.2 Å². The first kappa shape index (κ1) is 14.8. The molecule has 6 heteroatoms. The fraction of sp³-hybridized carbons (Fsp3) is 0.133. The van der Waals surface area contributed by atoms with Crippen LogP contribution in [0.4, 0.5) is 20.2 Å². The number of carbonyl (C=O) groups is 1. The van der Waals surface area contributed by atoms with Crippen molar-refractivity contribution in [2.45, 2.75) is 6.92 Å². The number of amides is 1. The molecular formula is C15H14F2N2O2. The zero-order chi connectivity index (χ0) is 15.4. The molecule has 0 radical (unpaired) electrons. The zero-order valence-electron chi connectivity index (χ0n) is 11.3. The van der Waals surface area contributed by atoms with Crippen LogP contribution in [0.5, 0.6) is 5.75 Å². The maximum Gasteiger partial charge on any atom is 0.261 e. The van der Waals surface area contributed by atoms with Gasteiger partial charge in [0.25, 0.3) is 5.91 Å². The molecule has 0 aliphatic rings. The minimum Gasteiger partial charge on any atom is -0.493 e. The van der Waals surface area contributed by atoms with Crippen LogP contribution in [0.25, 0.3) is 0 Å². The van der Waals surface area contributed by atoms with Gasteiger partial charge in [0.2, 0.25) is 0 Å². The lowest BCUT2D eigenvalue weighted by molar-refractivity contribution is 0.102. The Bertz CT molecular complexity index is 675. The van der Waals surface area contributed by atoms with Crippen molar-refractivity contribution in [2.24, 2.45) is 0 Å². The van der Waals surface area contributed by atoms with Crippen molar-refractivity contribution < 1.29 is 18.3 Å². The first-order valence-electron chi connectivity index (χ1n) is 6.30. The molecule has 2 aromatic carbocycles. The van der Waals surface area contributed by atoms with E-state index in [1.807, 2.05) is 0 Å². The second-order valence-electron chi connectivity index (χ2n) is 4.23. The topological polar surface area (TPSA) is 64.3 Å². The monoisotopic (exact) mass is 292 g/mol. The van der Waals surface area contributed by atoms with Crippen molar-refractivity contribution >= 4 is 17.3 Å². The lowest BCUT2D eigenvalue weighted by Gasteiger charge is -2.13. The number of ether oxygens (including phenoxy) is 1. The van der Waals surface area contributed by atoms with Gasteiger partial charge in [0.1, 0.15) is 22.9 Å². The van der Waals surface area contributed by atoms with Crippen molar-refractivity contribution in [1.29, 1.82) is 0 Å². The summed E-state index contributed by atoms with van der Waals surface area (Å²) in [5.74, 6) is -1.91. The number of nitrogen functional groups attached to an aromatic ring is 1. The normalized spacial score (nSPS) is 10.2. The van der Waals surface area contributed by atoms with Gasteiger partial charge in [-0.25, -0.2) is 8.78 Å². The van der Waals surface area contributed by atoms with E-state index in [0.29, 0.717) is 18.4 Å². The van der Waals surface area contributed by atoms with Crippen molar-refractivity contribution in [3.05, 3.63) is 53.6 Å². The molecule has 0 fully saturated rings. The summed E-state index contributed by atoms with van der Waals surface area (Å²) in [5.41, 5.74) is 5.96. The predicted molar refractivity (Wildman–Crippen MR) is 76.3 cm³/mol. The minimum atomic E-state index is -0.865. The minimum absolute atomic E-state index is 0.114. The van der Waals surface area contributed by atoms with Crippen molar-refractivity contribution in [1.82, 2.24) is 0 Å². The fourth-order valence-electron chi connectivity index (χ4n) is 1.84. The van der Waals surface area contributed by atoms with Crippen LogP contribution in [0.1, 0.15) is 17.3 Å². The molecule has 4 nitrogen and oxygen atoms in total. The number of anilines is 2. The molecule has 0 saturated heterocycles. The number of benzene rings is 2. The van der Waals surface area contributed by atoms with Gasteiger partial charge in [0, 0.05) is 11.8 Å². The SMILES string of the molecule is CCOc1cccc(N)c1C(=O)Nc1ccc(F)cc1F. The first-order valence-corrected chi connectivity index (χ1v) is 6.30. The summed E-state index contributed by atoms with van der Waals surface area (Å²) >= 11 is 0. The van der Waals surface area contributed by atoms with Gasteiger partial charge in [0.05, 0.1) is 12.3 Å². The standard InChI is InChI=1S/C15H14F2N2O2/c1-2-21-13-5-3-4-11(18)14(13)15(20)19-12-7-6-9(16)8-10(12)17/h3-8H,2,18H2,1H3,(H,19,20). The Balaban J connectivity index is 2.32. The third kappa shape index (κ3) is 3.28. The Hall–Kier alpha value is -2.63. The highest BCUT2D eigenvalue weighted by Gasteiger charge is 2.17. The molecule has 2 aromatic rings. The average Bonchev–Trinajstić information content (AvgIpc) is 2.42. The molecule has 0 saturated carbocycles. The first-order chi connectivity index (χ1) is 10.0.